The molecule has 0 aliphatic rings. The number of nitrogens with zero attached hydrogens (tertiary/aromatic N) is 1. The summed E-state index contributed by atoms with van der Waals surface area (Å²) in [7, 11) is 0. The first-order valence-corrected chi connectivity index (χ1v) is 12.6. The first-order chi connectivity index (χ1) is 18.8. The summed E-state index contributed by atoms with van der Waals surface area (Å²) in [5.74, 6) is -1.20. The molecule has 0 bridgehead atoms. The van der Waals surface area contributed by atoms with Crippen molar-refractivity contribution in [2.24, 2.45) is 5.10 Å². The molecule has 0 saturated carbocycles. The topological polar surface area (TPSA) is 127 Å². The smallest absolute Gasteiger partial charge is 0.329 e. The van der Waals surface area contributed by atoms with Crippen LogP contribution in [-0.2, 0) is 14.4 Å². The molecule has 0 heterocycles. The molecular weight excluding hydrogens is 547 g/mol. The van der Waals surface area contributed by atoms with E-state index in [1.54, 1.807) is 67.6 Å². The number of hydrazone groups is 1. The van der Waals surface area contributed by atoms with E-state index in [2.05, 4.69) is 21.2 Å². The monoisotopic (exact) mass is 572 g/mol. The fourth-order valence-corrected chi connectivity index (χ4v) is 3.52. The van der Waals surface area contributed by atoms with Crippen LogP contribution in [-0.4, -0.2) is 43.8 Å². The summed E-state index contributed by atoms with van der Waals surface area (Å²) in [5.41, 5.74) is 3.45. The second-order valence-corrected chi connectivity index (χ2v) is 8.45. The van der Waals surface area contributed by atoms with E-state index in [0.717, 1.165) is 0 Å². The maximum absolute atomic E-state index is 12.3. The van der Waals surface area contributed by atoms with Gasteiger partial charge in [0, 0.05) is 0 Å². The number of carbonyl (C=O) groups excluding carboxylic acids is 3. The maximum Gasteiger partial charge on any atom is 0.329 e. The molecule has 0 fully saturated rings. The van der Waals surface area contributed by atoms with Gasteiger partial charge in [-0.2, -0.15) is 5.10 Å². The molecule has 0 spiro atoms. The first kappa shape index (κ1) is 29.3. The lowest BCUT2D eigenvalue weighted by Crippen LogP contribution is -2.32. The van der Waals surface area contributed by atoms with E-state index >= 15 is 0 Å². The van der Waals surface area contributed by atoms with E-state index in [4.69, 9.17) is 37.4 Å². The number of para-hydroxylation sites is 2. The van der Waals surface area contributed by atoms with Crippen molar-refractivity contribution in [1.82, 2.24) is 5.43 Å². The van der Waals surface area contributed by atoms with Crippen molar-refractivity contribution in [3.05, 3.63) is 76.3 Å². The molecule has 3 aromatic rings. The molecule has 3 amide bonds. The third kappa shape index (κ3) is 8.62. The third-order valence-electron chi connectivity index (χ3n) is 4.87. The number of ether oxygens (including phenoxy) is 3. The van der Waals surface area contributed by atoms with Gasteiger partial charge >= 0.3 is 11.8 Å². The second kappa shape index (κ2) is 14.6. The maximum atomic E-state index is 12.3. The zero-order chi connectivity index (χ0) is 28.2. The predicted octanol–water partition coefficient (Wildman–Crippen LogP) is 4.90. The van der Waals surface area contributed by atoms with Gasteiger partial charge in [0.25, 0.3) is 5.91 Å². The Labute approximate surface area is 235 Å². The summed E-state index contributed by atoms with van der Waals surface area (Å²) in [5, 5.41) is 9.49. The molecular formula is C27H26Cl2N4O6. The number of rotatable bonds is 11. The molecule has 204 valence electrons. The lowest BCUT2D eigenvalue weighted by atomic mass is 10.2. The lowest BCUT2D eigenvalue weighted by Gasteiger charge is -2.13. The van der Waals surface area contributed by atoms with E-state index in [9.17, 15) is 14.4 Å². The van der Waals surface area contributed by atoms with Crippen LogP contribution < -0.4 is 30.3 Å². The van der Waals surface area contributed by atoms with Crippen LogP contribution in [0, 0.1) is 0 Å². The van der Waals surface area contributed by atoms with Gasteiger partial charge in [0.15, 0.2) is 18.1 Å². The third-order valence-corrected chi connectivity index (χ3v) is 5.69. The van der Waals surface area contributed by atoms with Crippen molar-refractivity contribution < 1.29 is 28.6 Å². The van der Waals surface area contributed by atoms with Crippen molar-refractivity contribution in [2.45, 2.75) is 13.8 Å². The molecule has 10 nitrogen and oxygen atoms in total. The molecule has 0 unspecified atom stereocenters. The van der Waals surface area contributed by atoms with Crippen LogP contribution in [0.25, 0.3) is 0 Å². The molecule has 3 rings (SSSR count). The van der Waals surface area contributed by atoms with Crippen molar-refractivity contribution >= 4 is 58.5 Å². The molecule has 0 atom stereocenters. The van der Waals surface area contributed by atoms with E-state index in [1.165, 1.54) is 6.21 Å². The van der Waals surface area contributed by atoms with Gasteiger partial charge in [-0.15, -0.1) is 0 Å². The van der Waals surface area contributed by atoms with Crippen molar-refractivity contribution in [3.8, 4) is 17.2 Å². The average Bonchev–Trinajstić information content (AvgIpc) is 2.92. The molecule has 3 aromatic carbocycles. The number of hydrogen-bond donors (Lipinski definition) is 3. The van der Waals surface area contributed by atoms with Crippen molar-refractivity contribution in [1.29, 1.82) is 0 Å². The quantitative estimate of drug-likeness (QED) is 0.170. The van der Waals surface area contributed by atoms with Crippen LogP contribution in [0.15, 0.2) is 65.8 Å². The molecule has 0 aliphatic carbocycles. The molecule has 12 heteroatoms. The van der Waals surface area contributed by atoms with E-state index in [1.807, 2.05) is 6.92 Å². The van der Waals surface area contributed by atoms with Crippen molar-refractivity contribution in [3.63, 3.8) is 0 Å². The van der Waals surface area contributed by atoms with Crippen LogP contribution >= 0.6 is 23.2 Å². The Hall–Kier alpha value is -4.28. The van der Waals surface area contributed by atoms with Gasteiger partial charge in [0.2, 0.25) is 0 Å². The summed E-state index contributed by atoms with van der Waals surface area (Å²) in [6.45, 7) is 4.03. The Morgan fingerprint density at radius 2 is 1.51 bits per heavy atom. The number of benzene rings is 3. The minimum absolute atomic E-state index is 0.228. The highest BCUT2D eigenvalue weighted by Crippen LogP contribution is 2.30. The minimum Gasteiger partial charge on any atom is -0.492 e. The Morgan fingerprint density at radius 1 is 0.795 bits per heavy atom. The number of hydrogen-bond acceptors (Lipinski definition) is 7. The highest BCUT2D eigenvalue weighted by Gasteiger charge is 2.15. The zero-order valence-electron chi connectivity index (χ0n) is 21.1. The lowest BCUT2D eigenvalue weighted by molar-refractivity contribution is -0.136. The van der Waals surface area contributed by atoms with Gasteiger partial charge in [0.05, 0.1) is 40.8 Å². The molecule has 0 aromatic heterocycles. The second-order valence-electron chi connectivity index (χ2n) is 7.66. The highest BCUT2D eigenvalue weighted by molar-refractivity contribution is 6.44. The Kier molecular flexibility index (Phi) is 11.0. The number of anilines is 2. The number of carbonyl (C=O) groups is 3. The van der Waals surface area contributed by atoms with Gasteiger partial charge in [-0.1, -0.05) is 41.4 Å². The van der Waals surface area contributed by atoms with Crippen LogP contribution in [0.3, 0.4) is 0 Å². The van der Waals surface area contributed by atoms with Gasteiger partial charge in [-0.25, -0.2) is 5.43 Å². The van der Waals surface area contributed by atoms with Crippen LogP contribution in [0.4, 0.5) is 11.4 Å². The van der Waals surface area contributed by atoms with Crippen LogP contribution in [0.1, 0.15) is 19.4 Å². The van der Waals surface area contributed by atoms with Gasteiger partial charge < -0.3 is 24.8 Å². The molecule has 0 aliphatic heterocycles. The highest BCUT2D eigenvalue weighted by atomic mass is 35.5. The average molecular weight is 573 g/mol. The zero-order valence-corrected chi connectivity index (χ0v) is 22.6. The normalized spacial score (nSPS) is 10.6. The van der Waals surface area contributed by atoms with Gasteiger partial charge in [-0.3, -0.25) is 14.4 Å². The Balaban J connectivity index is 1.58. The van der Waals surface area contributed by atoms with E-state index in [0.29, 0.717) is 52.4 Å². The SMILES string of the molecule is CCOc1ccccc1NC(=O)C(=O)N/N=C\c1ccc(OCC(=O)Nc2cccc(Cl)c2Cl)c(OCC)c1. The van der Waals surface area contributed by atoms with E-state index < -0.39 is 17.7 Å². The number of halogens is 2. The summed E-state index contributed by atoms with van der Waals surface area (Å²) < 4.78 is 16.7. The van der Waals surface area contributed by atoms with E-state index in [-0.39, 0.29) is 11.6 Å². The molecule has 0 saturated heterocycles. The Bertz CT molecular complexity index is 1370. The first-order valence-electron chi connectivity index (χ1n) is 11.8. The summed E-state index contributed by atoms with van der Waals surface area (Å²) >= 11 is 12.1. The number of nitrogens with one attached hydrogen (secondary N) is 3. The fraction of sp³-hybridized carbons (Fsp3) is 0.185. The summed E-state index contributed by atoms with van der Waals surface area (Å²) in [6.07, 6.45) is 1.33. The molecule has 39 heavy (non-hydrogen) atoms. The molecule has 0 radical (unpaired) electrons. The predicted molar refractivity (Wildman–Crippen MR) is 150 cm³/mol. The van der Waals surface area contributed by atoms with Crippen LogP contribution in [0.2, 0.25) is 10.0 Å². The largest absolute Gasteiger partial charge is 0.492 e. The molecule has 3 N–H and O–H groups in total. The fourth-order valence-electron chi connectivity index (χ4n) is 3.17. The minimum atomic E-state index is -0.964. The number of amides is 3. The summed E-state index contributed by atoms with van der Waals surface area (Å²) in [6, 6.07) is 16.5. The van der Waals surface area contributed by atoms with Gasteiger partial charge in [0.1, 0.15) is 5.75 Å². The van der Waals surface area contributed by atoms with Crippen molar-refractivity contribution in [2.75, 3.05) is 30.5 Å². The summed E-state index contributed by atoms with van der Waals surface area (Å²) in [4.78, 5) is 36.7. The van der Waals surface area contributed by atoms with Gasteiger partial charge in [-0.05, 0) is 61.9 Å². The van der Waals surface area contributed by atoms with Crippen LogP contribution in [0.5, 0.6) is 17.2 Å². The Morgan fingerprint density at radius 3 is 2.28 bits per heavy atom. The standard InChI is InChI=1S/C27H26Cl2N4O6/c1-3-37-21-11-6-5-9-19(21)32-26(35)27(36)33-30-15-17-12-13-22(23(14-17)38-4-2)39-16-24(34)31-20-10-7-8-18(28)25(20)29/h5-15H,3-4,16H2,1-2H3,(H,31,34)(H,32,35)(H,33,36)/b30-15-.